The van der Waals surface area contributed by atoms with E-state index in [2.05, 4.69) is 4.98 Å². The van der Waals surface area contributed by atoms with Crippen LogP contribution in [0.3, 0.4) is 0 Å². The molecule has 5 heteroatoms. The molecule has 0 unspecified atom stereocenters. The molecule has 2 aliphatic heterocycles. The summed E-state index contributed by atoms with van der Waals surface area (Å²) in [5.41, 5.74) is 1.54. The van der Waals surface area contributed by atoms with Crippen molar-refractivity contribution in [3.63, 3.8) is 0 Å². The largest absolute Gasteiger partial charge is 0.357 e. The number of carbonyl (C=O) groups excluding carboxylic acids is 2. The summed E-state index contributed by atoms with van der Waals surface area (Å²) >= 11 is 0. The minimum atomic E-state index is -0.0703. The minimum absolute atomic E-state index is 0.0153. The molecule has 2 amide bonds. The predicted molar refractivity (Wildman–Crippen MR) is 82.5 cm³/mol. The van der Waals surface area contributed by atoms with Gasteiger partial charge in [-0.15, -0.1) is 0 Å². The Morgan fingerprint density at radius 1 is 1.05 bits per heavy atom. The first-order valence-electron chi connectivity index (χ1n) is 7.53. The normalized spacial score (nSPS) is 23.9. The third kappa shape index (κ3) is 2.01. The van der Waals surface area contributed by atoms with E-state index < -0.39 is 0 Å². The highest BCUT2D eigenvalue weighted by atomic mass is 16.2. The first-order chi connectivity index (χ1) is 10.7. The monoisotopic (exact) mass is 295 g/mol. The lowest BCUT2D eigenvalue weighted by molar-refractivity contribution is -0.120. The van der Waals surface area contributed by atoms with Gasteiger partial charge in [-0.2, -0.15) is 0 Å². The summed E-state index contributed by atoms with van der Waals surface area (Å²) in [4.78, 5) is 31.6. The van der Waals surface area contributed by atoms with E-state index >= 15 is 0 Å². The van der Waals surface area contributed by atoms with Crippen molar-refractivity contribution in [3.8, 4) is 0 Å². The summed E-state index contributed by atoms with van der Waals surface area (Å²) in [6, 6.07) is 13.3. The van der Waals surface area contributed by atoms with E-state index in [1.807, 2.05) is 41.3 Å². The highest BCUT2D eigenvalue weighted by molar-refractivity contribution is 5.99. The van der Waals surface area contributed by atoms with Crippen molar-refractivity contribution in [2.45, 2.75) is 0 Å². The van der Waals surface area contributed by atoms with Crippen LogP contribution in [0.2, 0.25) is 0 Å². The fourth-order valence-electron chi connectivity index (χ4n) is 3.50. The number of aromatic nitrogens is 1. The molecule has 1 aromatic heterocycles. The number of para-hydroxylation sites is 1. The molecule has 2 aliphatic rings. The number of hydrogen-bond donors (Lipinski definition) is 1. The number of nitrogens with one attached hydrogen (secondary N) is 1. The number of carbonyl (C=O) groups is 2. The molecule has 0 aliphatic carbocycles. The molecule has 0 radical (unpaired) electrons. The van der Waals surface area contributed by atoms with Crippen molar-refractivity contribution >= 4 is 17.5 Å². The number of hydrogen-bond acceptors (Lipinski definition) is 2. The van der Waals surface area contributed by atoms with Gasteiger partial charge in [-0.3, -0.25) is 9.59 Å². The number of fused-ring (bicyclic) bond motifs is 1. The quantitative estimate of drug-likeness (QED) is 0.917. The molecule has 0 saturated carbocycles. The second kappa shape index (κ2) is 5.02. The number of amides is 2. The molecule has 0 spiro atoms. The molecular weight excluding hydrogens is 278 g/mol. The highest BCUT2D eigenvalue weighted by Crippen LogP contribution is 2.35. The molecule has 22 heavy (non-hydrogen) atoms. The Morgan fingerprint density at radius 2 is 1.86 bits per heavy atom. The van der Waals surface area contributed by atoms with Crippen LogP contribution in [0.25, 0.3) is 0 Å². The van der Waals surface area contributed by atoms with Crippen LogP contribution in [0, 0.1) is 11.8 Å². The number of likely N-dealkylation sites (tertiary alicyclic amines) is 1. The Hall–Kier alpha value is -2.56. The lowest BCUT2D eigenvalue weighted by atomic mass is 10.0. The number of anilines is 1. The molecular formula is C17H17N3O2. The summed E-state index contributed by atoms with van der Waals surface area (Å²) in [6.45, 7) is 1.87. The SMILES string of the molecule is O=C(c1ccc[nH]1)N1C[C@H]2CN(c3ccccc3)C(=O)[C@H]2C1. The van der Waals surface area contributed by atoms with E-state index in [1.165, 1.54) is 0 Å². The first-order valence-corrected chi connectivity index (χ1v) is 7.53. The first kappa shape index (κ1) is 13.1. The maximum Gasteiger partial charge on any atom is 0.270 e. The molecule has 2 saturated heterocycles. The van der Waals surface area contributed by atoms with E-state index in [4.69, 9.17) is 0 Å². The van der Waals surface area contributed by atoms with Crippen molar-refractivity contribution in [1.29, 1.82) is 0 Å². The van der Waals surface area contributed by atoms with Crippen molar-refractivity contribution in [3.05, 3.63) is 54.4 Å². The zero-order valence-electron chi connectivity index (χ0n) is 12.1. The molecule has 5 nitrogen and oxygen atoms in total. The van der Waals surface area contributed by atoms with Crippen LogP contribution in [-0.4, -0.2) is 41.3 Å². The van der Waals surface area contributed by atoms with E-state index in [0.717, 1.165) is 5.69 Å². The lowest BCUT2D eigenvalue weighted by Crippen LogP contribution is -2.35. The molecule has 112 valence electrons. The van der Waals surface area contributed by atoms with Gasteiger partial charge in [0.05, 0.1) is 5.92 Å². The molecule has 2 fully saturated rings. The van der Waals surface area contributed by atoms with E-state index in [-0.39, 0.29) is 23.7 Å². The predicted octanol–water partition coefficient (Wildman–Crippen LogP) is 1.75. The average Bonchev–Trinajstić information content (AvgIpc) is 3.25. The topological polar surface area (TPSA) is 56.4 Å². The van der Waals surface area contributed by atoms with Crippen molar-refractivity contribution in [2.24, 2.45) is 11.8 Å². The van der Waals surface area contributed by atoms with Gasteiger partial charge < -0.3 is 14.8 Å². The standard InChI is InChI=1S/C17H17N3O2/c21-16-14-11-19(17(22)15-7-4-8-18-15)9-12(14)10-20(16)13-5-2-1-3-6-13/h1-8,12,14,18H,9-11H2/t12-,14-/m0/s1. The summed E-state index contributed by atoms with van der Waals surface area (Å²) in [6.07, 6.45) is 1.74. The van der Waals surface area contributed by atoms with Crippen molar-refractivity contribution < 1.29 is 9.59 Å². The number of rotatable bonds is 2. The second-order valence-electron chi connectivity index (χ2n) is 5.94. The molecule has 4 rings (SSSR count). The Bertz CT molecular complexity index is 696. The van der Waals surface area contributed by atoms with Crippen LogP contribution in [0.1, 0.15) is 10.5 Å². The third-order valence-electron chi connectivity index (χ3n) is 4.62. The lowest BCUT2D eigenvalue weighted by Gasteiger charge is -2.21. The van der Waals surface area contributed by atoms with Gasteiger partial charge >= 0.3 is 0 Å². The summed E-state index contributed by atoms with van der Waals surface area (Å²) in [7, 11) is 0. The van der Waals surface area contributed by atoms with Gasteiger partial charge in [0, 0.05) is 37.4 Å². The summed E-state index contributed by atoms with van der Waals surface area (Å²) in [5, 5.41) is 0. The van der Waals surface area contributed by atoms with Gasteiger partial charge in [0.25, 0.3) is 5.91 Å². The molecule has 1 N–H and O–H groups in total. The van der Waals surface area contributed by atoms with Crippen LogP contribution >= 0.6 is 0 Å². The smallest absolute Gasteiger partial charge is 0.270 e. The van der Waals surface area contributed by atoms with Crippen LogP contribution in [0.4, 0.5) is 5.69 Å². The minimum Gasteiger partial charge on any atom is -0.357 e. The summed E-state index contributed by atoms with van der Waals surface area (Å²) < 4.78 is 0. The van der Waals surface area contributed by atoms with Crippen LogP contribution in [0.5, 0.6) is 0 Å². The molecule has 2 aromatic rings. The van der Waals surface area contributed by atoms with E-state index in [1.54, 1.807) is 17.2 Å². The molecule has 3 heterocycles. The number of benzene rings is 1. The van der Waals surface area contributed by atoms with Crippen molar-refractivity contribution in [2.75, 3.05) is 24.5 Å². The van der Waals surface area contributed by atoms with E-state index in [9.17, 15) is 9.59 Å². The Morgan fingerprint density at radius 3 is 2.55 bits per heavy atom. The van der Waals surface area contributed by atoms with Crippen molar-refractivity contribution in [1.82, 2.24) is 9.88 Å². The fraction of sp³-hybridized carbons (Fsp3) is 0.294. The van der Waals surface area contributed by atoms with Gasteiger partial charge in [0.15, 0.2) is 0 Å². The Labute approximate surface area is 128 Å². The van der Waals surface area contributed by atoms with Gasteiger partial charge in [0.2, 0.25) is 5.91 Å². The average molecular weight is 295 g/mol. The molecule has 2 atom stereocenters. The molecule has 0 bridgehead atoms. The fourth-order valence-corrected chi connectivity index (χ4v) is 3.50. The van der Waals surface area contributed by atoms with Gasteiger partial charge in [0.1, 0.15) is 5.69 Å². The maximum absolute atomic E-state index is 12.6. The molecule has 1 aromatic carbocycles. The number of nitrogens with zero attached hydrogens (tertiary/aromatic N) is 2. The van der Waals surface area contributed by atoms with Gasteiger partial charge in [-0.25, -0.2) is 0 Å². The summed E-state index contributed by atoms with van der Waals surface area (Å²) in [5.74, 6) is 0.280. The van der Waals surface area contributed by atoms with Crippen LogP contribution in [0.15, 0.2) is 48.7 Å². The Kier molecular flexibility index (Phi) is 2.99. The van der Waals surface area contributed by atoms with E-state index in [0.29, 0.717) is 25.3 Å². The van der Waals surface area contributed by atoms with Crippen LogP contribution in [-0.2, 0) is 4.79 Å². The Balaban J connectivity index is 1.50. The zero-order chi connectivity index (χ0) is 15.1. The van der Waals surface area contributed by atoms with Gasteiger partial charge in [-0.05, 0) is 24.3 Å². The number of H-pyrrole nitrogens is 1. The number of aromatic amines is 1. The third-order valence-corrected chi connectivity index (χ3v) is 4.62. The second-order valence-corrected chi connectivity index (χ2v) is 5.94. The highest BCUT2D eigenvalue weighted by Gasteiger charge is 2.47. The maximum atomic E-state index is 12.6. The van der Waals surface area contributed by atoms with Gasteiger partial charge in [-0.1, -0.05) is 18.2 Å². The van der Waals surface area contributed by atoms with Crippen LogP contribution < -0.4 is 4.90 Å². The zero-order valence-corrected chi connectivity index (χ0v) is 12.1.